The topological polar surface area (TPSA) is 109 Å². The van der Waals surface area contributed by atoms with Crippen molar-refractivity contribution >= 4 is 50.6 Å². The molecule has 4 rings (SSSR count). The number of carbonyl (C=O) groups is 2. The number of aromatic nitrogens is 2. The van der Waals surface area contributed by atoms with Crippen LogP contribution in [0, 0.1) is 0 Å². The summed E-state index contributed by atoms with van der Waals surface area (Å²) in [5, 5.41) is 8.96. The van der Waals surface area contributed by atoms with Crippen LogP contribution in [0.15, 0.2) is 58.7 Å². The maximum atomic E-state index is 13.6. The molecule has 0 aliphatic rings. The van der Waals surface area contributed by atoms with Gasteiger partial charge in [0.2, 0.25) is 0 Å². The minimum atomic E-state index is -4.90. The average Bonchev–Trinajstić information content (AvgIpc) is 3.29. The molecule has 9 nitrogen and oxygen atoms in total. The lowest BCUT2D eigenvalue weighted by molar-refractivity contribution is -0.274. The average molecular weight is 596 g/mol. The molecule has 0 saturated carbocycles. The summed E-state index contributed by atoms with van der Waals surface area (Å²) in [5.41, 5.74) is -2.31. The van der Waals surface area contributed by atoms with E-state index < -0.39 is 35.1 Å². The first-order valence-electron chi connectivity index (χ1n) is 11.6. The maximum Gasteiger partial charge on any atom is 0.573 e. The van der Waals surface area contributed by atoms with Gasteiger partial charge in [-0.15, -0.1) is 24.5 Å². The van der Waals surface area contributed by atoms with Crippen molar-refractivity contribution in [3.8, 4) is 17.2 Å². The van der Waals surface area contributed by atoms with Crippen LogP contribution >= 0.6 is 22.9 Å². The zero-order valence-corrected chi connectivity index (χ0v) is 22.7. The van der Waals surface area contributed by atoms with Crippen molar-refractivity contribution in [3.05, 3.63) is 75.0 Å². The summed E-state index contributed by atoms with van der Waals surface area (Å²) >= 11 is 6.88. The van der Waals surface area contributed by atoms with E-state index in [2.05, 4.69) is 15.2 Å². The second-order valence-electron chi connectivity index (χ2n) is 8.70. The predicted molar refractivity (Wildman–Crippen MR) is 143 cm³/mol. The summed E-state index contributed by atoms with van der Waals surface area (Å²) in [4.78, 5) is 39.5. The standard InChI is InChI=1S/C26H21ClF3N3O6S/c1-4-37-23(35)20-18-13-40-21(31-24(36)25(2,3)38-16-9-5-14(27)6-10-16)19(18)22(34)33(32-20)15-7-11-17(12-8-15)39-26(28,29)30/h5-13H,4H2,1-3H3,(H,31,36). The molecule has 0 spiro atoms. The minimum Gasteiger partial charge on any atom is -0.478 e. The van der Waals surface area contributed by atoms with E-state index in [-0.39, 0.29) is 33.8 Å². The SMILES string of the molecule is CCOC(=O)c1nn(-c2ccc(OC(F)(F)F)cc2)c(=O)c2c(NC(=O)C(C)(C)Oc3ccc(Cl)cc3)scc12. The zero-order valence-electron chi connectivity index (χ0n) is 21.2. The van der Waals surface area contributed by atoms with Crippen LogP contribution in [0.1, 0.15) is 31.3 Å². The van der Waals surface area contributed by atoms with Gasteiger partial charge in [-0.25, -0.2) is 4.79 Å². The van der Waals surface area contributed by atoms with Crippen LogP contribution in [0.2, 0.25) is 5.02 Å². The molecule has 0 aliphatic carbocycles. The van der Waals surface area contributed by atoms with Gasteiger partial charge >= 0.3 is 12.3 Å². The quantitative estimate of drug-likeness (QED) is 0.250. The molecule has 210 valence electrons. The number of thiophene rings is 1. The van der Waals surface area contributed by atoms with Crippen LogP contribution in [0.3, 0.4) is 0 Å². The highest BCUT2D eigenvalue weighted by Crippen LogP contribution is 2.32. The Labute approximate surface area is 234 Å². The van der Waals surface area contributed by atoms with Gasteiger partial charge in [-0.1, -0.05) is 11.6 Å². The van der Waals surface area contributed by atoms with Crippen LogP contribution in [0.4, 0.5) is 18.2 Å². The van der Waals surface area contributed by atoms with Crippen LogP contribution in [0.25, 0.3) is 16.5 Å². The third-order valence-corrected chi connectivity index (χ3v) is 6.54. The van der Waals surface area contributed by atoms with Crippen LogP contribution in [-0.4, -0.2) is 40.2 Å². The molecule has 4 aromatic rings. The highest BCUT2D eigenvalue weighted by atomic mass is 35.5. The number of hydrogen-bond acceptors (Lipinski definition) is 8. The number of benzene rings is 2. The predicted octanol–water partition coefficient (Wildman–Crippen LogP) is 5.97. The number of anilines is 1. The molecule has 0 aliphatic heterocycles. The normalized spacial score (nSPS) is 11.8. The molecule has 1 N–H and O–H groups in total. The number of ether oxygens (including phenoxy) is 3. The Kier molecular flexibility index (Phi) is 8.08. The Morgan fingerprint density at radius 3 is 2.23 bits per heavy atom. The number of hydrogen-bond donors (Lipinski definition) is 1. The number of nitrogens with zero attached hydrogens (tertiary/aromatic N) is 2. The van der Waals surface area contributed by atoms with Gasteiger partial charge in [0.05, 0.1) is 17.7 Å². The highest BCUT2D eigenvalue weighted by Gasteiger charge is 2.33. The molecule has 0 saturated heterocycles. The Bertz CT molecular complexity index is 1620. The summed E-state index contributed by atoms with van der Waals surface area (Å²) in [6.45, 7) is 4.67. The third-order valence-electron chi connectivity index (χ3n) is 5.40. The summed E-state index contributed by atoms with van der Waals surface area (Å²) in [6, 6.07) is 10.7. The van der Waals surface area contributed by atoms with E-state index in [1.165, 1.54) is 31.4 Å². The van der Waals surface area contributed by atoms with Crippen LogP contribution in [0.5, 0.6) is 11.5 Å². The molecule has 0 unspecified atom stereocenters. The number of esters is 1. The molecular formula is C26H21ClF3N3O6S. The van der Waals surface area contributed by atoms with Gasteiger partial charge < -0.3 is 19.5 Å². The summed E-state index contributed by atoms with van der Waals surface area (Å²) in [6.07, 6.45) is -4.90. The van der Waals surface area contributed by atoms with Crippen molar-refractivity contribution in [1.82, 2.24) is 9.78 Å². The van der Waals surface area contributed by atoms with Gasteiger partial charge in [0.15, 0.2) is 11.3 Å². The first-order valence-corrected chi connectivity index (χ1v) is 12.9. The largest absolute Gasteiger partial charge is 0.573 e. The Morgan fingerprint density at radius 2 is 1.62 bits per heavy atom. The summed E-state index contributed by atoms with van der Waals surface area (Å²) in [7, 11) is 0. The van der Waals surface area contributed by atoms with E-state index in [0.717, 1.165) is 28.2 Å². The molecule has 40 heavy (non-hydrogen) atoms. The third kappa shape index (κ3) is 6.37. The second kappa shape index (κ2) is 11.2. The van der Waals surface area contributed by atoms with Gasteiger partial charge in [-0.05, 0) is 69.3 Å². The smallest absolute Gasteiger partial charge is 0.478 e. The number of fused-ring (bicyclic) bond motifs is 1. The zero-order chi connectivity index (χ0) is 29.2. The Hall–Kier alpha value is -4.10. The number of amides is 1. The van der Waals surface area contributed by atoms with Crippen molar-refractivity contribution in [3.63, 3.8) is 0 Å². The fourth-order valence-electron chi connectivity index (χ4n) is 3.55. The van der Waals surface area contributed by atoms with Gasteiger partial charge in [-0.2, -0.15) is 9.78 Å². The van der Waals surface area contributed by atoms with Gasteiger partial charge in [0, 0.05) is 15.8 Å². The van der Waals surface area contributed by atoms with E-state index >= 15 is 0 Å². The van der Waals surface area contributed by atoms with Gasteiger partial charge in [0.1, 0.15) is 16.5 Å². The fourth-order valence-corrected chi connectivity index (χ4v) is 4.61. The number of rotatable bonds is 8. The summed E-state index contributed by atoms with van der Waals surface area (Å²) in [5.74, 6) is -1.56. The van der Waals surface area contributed by atoms with Crippen LogP contribution < -0.4 is 20.3 Å². The lowest BCUT2D eigenvalue weighted by Gasteiger charge is -2.25. The molecule has 0 fully saturated rings. The van der Waals surface area contributed by atoms with Crippen molar-refractivity contribution in [2.24, 2.45) is 0 Å². The summed E-state index contributed by atoms with van der Waals surface area (Å²) < 4.78 is 53.3. The van der Waals surface area contributed by atoms with E-state index in [1.807, 2.05) is 0 Å². The molecule has 0 bridgehead atoms. The monoisotopic (exact) mass is 595 g/mol. The Balaban J connectivity index is 1.75. The number of halogens is 4. The molecule has 2 aromatic heterocycles. The lowest BCUT2D eigenvalue weighted by atomic mass is 10.1. The number of nitrogens with one attached hydrogen (secondary N) is 1. The first-order chi connectivity index (χ1) is 18.8. The molecule has 1 amide bonds. The van der Waals surface area contributed by atoms with Crippen molar-refractivity contribution in [1.29, 1.82) is 0 Å². The molecule has 14 heteroatoms. The van der Waals surface area contributed by atoms with Gasteiger partial charge in [-0.3, -0.25) is 9.59 Å². The molecule has 0 atom stereocenters. The molecule has 2 heterocycles. The van der Waals surface area contributed by atoms with Crippen molar-refractivity contribution in [2.75, 3.05) is 11.9 Å². The van der Waals surface area contributed by atoms with Crippen molar-refractivity contribution < 1.29 is 37.0 Å². The first kappa shape index (κ1) is 28.9. The van der Waals surface area contributed by atoms with E-state index in [0.29, 0.717) is 10.8 Å². The van der Waals surface area contributed by atoms with E-state index in [4.69, 9.17) is 21.1 Å². The Morgan fingerprint density at radius 1 is 1.02 bits per heavy atom. The molecule has 2 aromatic carbocycles. The maximum absolute atomic E-state index is 13.6. The van der Waals surface area contributed by atoms with E-state index in [1.54, 1.807) is 31.2 Å². The minimum absolute atomic E-state index is 0.0224. The second-order valence-corrected chi connectivity index (χ2v) is 10.0. The van der Waals surface area contributed by atoms with Crippen molar-refractivity contribution in [2.45, 2.75) is 32.7 Å². The number of alkyl halides is 3. The molecule has 0 radical (unpaired) electrons. The van der Waals surface area contributed by atoms with Gasteiger partial charge in [0.25, 0.3) is 11.5 Å². The fraction of sp³-hybridized carbons (Fsp3) is 0.231. The highest BCUT2D eigenvalue weighted by molar-refractivity contribution is 7.16. The molecular weight excluding hydrogens is 575 g/mol. The lowest BCUT2D eigenvalue weighted by Crippen LogP contribution is -2.42. The van der Waals surface area contributed by atoms with Crippen LogP contribution in [-0.2, 0) is 9.53 Å². The van der Waals surface area contributed by atoms with E-state index in [9.17, 15) is 27.6 Å². The number of carbonyl (C=O) groups excluding carboxylic acids is 2.